The maximum atomic E-state index is 11.3. The molecule has 0 aromatic carbocycles. The van der Waals surface area contributed by atoms with E-state index in [0.717, 1.165) is 19.5 Å². The van der Waals surface area contributed by atoms with Crippen molar-refractivity contribution >= 4 is 6.03 Å². The van der Waals surface area contributed by atoms with Crippen molar-refractivity contribution in [3.05, 3.63) is 0 Å². The van der Waals surface area contributed by atoms with Crippen LogP contribution in [0.3, 0.4) is 0 Å². The molecule has 0 unspecified atom stereocenters. The van der Waals surface area contributed by atoms with Crippen LogP contribution in [-0.2, 0) is 0 Å². The molecule has 1 saturated heterocycles. The Balaban J connectivity index is 1.95. The molecule has 2 aliphatic rings. The molecule has 1 aliphatic carbocycles. The molecule has 67 valence electrons. The summed E-state index contributed by atoms with van der Waals surface area (Å²) in [4.78, 5) is 13.3. The van der Waals surface area contributed by atoms with Crippen LogP contribution in [0.2, 0.25) is 0 Å². The SMILES string of the molecule is O=C1[N]CCCN1C1CCCC1. The van der Waals surface area contributed by atoms with Crippen molar-refractivity contribution in [2.75, 3.05) is 13.1 Å². The number of hydrogen-bond acceptors (Lipinski definition) is 1. The predicted octanol–water partition coefficient (Wildman–Crippen LogP) is 1.36. The quantitative estimate of drug-likeness (QED) is 0.580. The second-order valence-corrected chi connectivity index (χ2v) is 3.65. The van der Waals surface area contributed by atoms with E-state index in [9.17, 15) is 4.79 Å². The molecule has 1 aliphatic heterocycles. The smallest absolute Gasteiger partial charge is 0.320 e. The van der Waals surface area contributed by atoms with E-state index in [2.05, 4.69) is 5.32 Å². The molecule has 12 heavy (non-hydrogen) atoms. The zero-order valence-corrected chi connectivity index (χ0v) is 7.33. The van der Waals surface area contributed by atoms with E-state index in [4.69, 9.17) is 0 Å². The predicted molar refractivity (Wildman–Crippen MR) is 46.0 cm³/mol. The van der Waals surface area contributed by atoms with Gasteiger partial charge in [0.2, 0.25) is 0 Å². The van der Waals surface area contributed by atoms with Gasteiger partial charge in [0.25, 0.3) is 0 Å². The fourth-order valence-electron chi connectivity index (χ4n) is 2.16. The molecule has 0 aromatic heterocycles. The second-order valence-electron chi connectivity index (χ2n) is 3.65. The Bertz CT molecular complexity index is 175. The van der Waals surface area contributed by atoms with Crippen LogP contribution in [0.25, 0.3) is 0 Å². The number of carbonyl (C=O) groups excluding carboxylic acids is 1. The van der Waals surface area contributed by atoms with Crippen molar-refractivity contribution in [2.45, 2.75) is 38.1 Å². The van der Waals surface area contributed by atoms with Gasteiger partial charge < -0.3 is 4.90 Å². The standard InChI is InChI=1S/C9H15N2O/c12-9-10-6-3-7-11(9)8-4-1-2-5-8/h8H,1-7H2. The molecule has 0 atom stereocenters. The van der Waals surface area contributed by atoms with E-state index in [-0.39, 0.29) is 6.03 Å². The first-order chi connectivity index (χ1) is 5.88. The normalized spacial score (nSPS) is 26.0. The lowest BCUT2D eigenvalue weighted by Crippen LogP contribution is -2.47. The second kappa shape index (κ2) is 3.33. The summed E-state index contributed by atoms with van der Waals surface area (Å²) in [6.45, 7) is 1.68. The summed E-state index contributed by atoms with van der Waals surface area (Å²) in [6, 6.07) is 0.551. The monoisotopic (exact) mass is 167 g/mol. The zero-order chi connectivity index (χ0) is 8.39. The molecule has 0 N–H and O–H groups in total. The molecule has 2 rings (SSSR count). The molecular formula is C9H15N2O. The number of carbonyl (C=O) groups is 1. The van der Waals surface area contributed by atoms with E-state index >= 15 is 0 Å². The molecule has 1 saturated carbocycles. The summed E-state index contributed by atoms with van der Waals surface area (Å²) in [5.41, 5.74) is 0. The fourth-order valence-corrected chi connectivity index (χ4v) is 2.16. The third-order valence-corrected chi connectivity index (χ3v) is 2.82. The lowest BCUT2D eigenvalue weighted by Gasteiger charge is -2.31. The topological polar surface area (TPSA) is 34.4 Å². The summed E-state index contributed by atoms with van der Waals surface area (Å²) in [5.74, 6) is 0. The van der Waals surface area contributed by atoms with E-state index in [1.807, 2.05) is 4.90 Å². The lowest BCUT2D eigenvalue weighted by atomic mass is 10.2. The highest BCUT2D eigenvalue weighted by atomic mass is 16.2. The van der Waals surface area contributed by atoms with E-state index in [1.54, 1.807) is 0 Å². The van der Waals surface area contributed by atoms with Crippen molar-refractivity contribution in [3.63, 3.8) is 0 Å². The molecule has 0 aromatic rings. The fraction of sp³-hybridized carbons (Fsp3) is 0.889. The molecule has 1 radical (unpaired) electrons. The molecule has 1 heterocycles. The van der Waals surface area contributed by atoms with Crippen molar-refractivity contribution in [1.29, 1.82) is 0 Å². The van der Waals surface area contributed by atoms with Crippen molar-refractivity contribution in [1.82, 2.24) is 10.2 Å². The Hall–Kier alpha value is -0.730. The average molecular weight is 167 g/mol. The van der Waals surface area contributed by atoms with Gasteiger partial charge in [0, 0.05) is 19.1 Å². The number of amides is 2. The number of urea groups is 1. The van der Waals surface area contributed by atoms with Gasteiger partial charge in [-0.2, -0.15) is 0 Å². The van der Waals surface area contributed by atoms with Gasteiger partial charge >= 0.3 is 6.03 Å². The van der Waals surface area contributed by atoms with Crippen LogP contribution >= 0.6 is 0 Å². The summed E-state index contributed by atoms with van der Waals surface area (Å²) < 4.78 is 0. The highest BCUT2D eigenvalue weighted by molar-refractivity contribution is 5.74. The summed E-state index contributed by atoms with van der Waals surface area (Å²) in [5, 5.41) is 3.94. The van der Waals surface area contributed by atoms with E-state index < -0.39 is 0 Å². The Morgan fingerprint density at radius 1 is 1.25 bits per heavy atom. The van der Waals surface area contributed by atoms with E-state index in [0.29, 0.717) is 6.04 Å². The van der Waals surface area contributed by atoms with Gasteiger partial charge in [-0.3, -0.25) is 0 Å². The third-order valence-electron chi connectivity index (χ3n) is 2.82. The summed E-state index contributed by atoms with van der Waals surface area (Å²) in [7, 11) is 0. The average Bonchev–Trinajstić information content (AvgIpc) is 2.57. The number of hydrogen-bond donors (Lipinski definition) is 0. The zero-order valence-electron chi connectivity index (χ0n) is 7.33. The van der Waals surface area contributed by atoms with Crippen LogP contribution in [-0.4, -0.2) is 30.1 Å². The van der Waals surface area contributed by atoms with Crippen molar-refractivity contribution < 1.29 is 4.79 Å². The maximum absolute atomic E-state index is 11.3. The molecule has 2 amide bonds. The van der Waals surface area contributed by atoms with Crippen LogP contribution < -0.4 is 5.32 Å². The van der Waals surface area contributed by atoms with Gasteiger partial charge in [-0.25, -0.2) is 10.1 Å². The molecule has 0 bridgehead atoms. The van der Waals surface area contributed by atoms with Gasteiger partial charge in [0.15, 0.2) is 0 Å². The minimum Gasteiger partial charge on any atom is -0.320 e. The van der Waals surface area contributed by atoms with Gasteiger partial charge in [-0.15, -0.1) is 0 Å². The summed E-state index contributed by atoms with van der Waals surface area (Å²) in [6.07, 6.45) is 6.02. The lowest BCUT2D eigenvalue weighted by molar-refractivity contribution is 0.161. The molecular weight excluding hydrogens is 152 g/mol. The van der Waals surface area contributed by atoms with Gasteiger partial charge in [-0.1, -0.05) is 12.8 Å². The van der Waals surface area contributed by atoms with Crippen LogP contribution in [0.4, 0.5) is 4.79 Å². The summed E-state index contributed by atoms with van der Waals surface area (Å²) >= 11 is 0. The molecule has 2 fully saturated rings. The Labute approximate surface area is 73.1 Å². The van der Waals surface area contributed by atoms with Crippen LogP contribution in [0, 0.1) is 0 Å². The highest BCUT2D eigenvalue weighted by Gasteiger charge is 2.28. The first-order valence-electron chi connectivity index (χ1n) is 4.86. The minimum atomic E-state index is 0.0353. The first-order valence-corrected chi connectivity index (χ1v) is 4.86. The first kappa shape index (κ1) is 7.90. The van der Waals surface area contributed by atoms with Gasteiger partial charge in [0.05, 0.1) is 0 Å². The molecule has 3 nitrogen and oxygen atoms in total. The van der Waals surface area contributed by atoms with Gasteiger partial charge in [0.1, 0.15) is 0 Å². The maximum Gasteiger partial charge on any atom is 0.339 e. The van der Waals surface area contributed by atoms with Gasteiger partial charge in [-0.05, 0) is 19.3 Å². The van der Waals surface area contributed by atoms with Crippen molar-refractivity contribution in [3.8, 4) is 0 Å². The van der Waals surface area contributed by atoms with Crippen LogP contribution in [0.5, 0.6) is 0 Å². The molecule has 3 heteroatoms. The Morgan fingerprint density at radius 2 is 2.00 bits per heavy atom. The Morgan fingerprint density at radius 3 is 2.67 bits per heavy atom. The minimum absolute atomic E-state index is 0.0353. The number of nitrogens with zero attached hydrogens (tertiary/aromatic N) is 2. The number of rotatable bonds is 1. The van der Waals surface area contributed by atoms with E-state index in [1.165, 1.54) is 25.7 Å². The van der Waals surface area contributed by atoms with Crippen molar-refractivity contribution in [2.24, 2.45) is 0 Å². The highest BCUT2D eigenvalue weighted by Crippen LogP contribution is 2.24. The Kier molecular flexibility index (Phi) is 2.19. The third kappa shape index (κ3) is 1.40. The van der Waals surface area contributed by atoms with Crippen LogP contribution in [0.15, 0.2) is 0 Å². The molecule has 0 spiro atoms. The van der Waals surface area contributed by atoms with Crippen LogP contribution in [0.1, 0.15) is 32.1 Å². The largest absolute Gasteiger partial charge is 0.339 e.